The molecule has 0 bridgehead atoms. The van der Waals surface area contributed by atoms with E-state index in [9.17, 15) is 0 Å². The number of anilines is 1. The highest BCUT2D eigenvalue weighted by atomic mass is 35.5. The molecule has 7 heteroatoms. The Kier molecular flexibility index (Phi) is 4.57. The van der Waals surface area contributed by atoms with Crippen molar-refractivity contribution < 1.29 is 4.74 Å². The van der Waals surface area contributed by atoms with Gasteiger partial charge in [0.05, 0.1) is 5.69 Å². The topological polar surface area (TPSA) is 67.5 Å². The summed E-state index contributed by atoms with van der Waals surface area (Å²) in [7, 11) is 2.14. The summed E-state index contributed by atoms with van der Waals surface area (Å²) in [5.41, 5.74) is 6.15. The van der Waals surface area contributed by atoms with Gasteiger partial charge in [-0.15, -0.1) is 10.2 Å². The van der Waals surface area contributed by atoms with Crippen molar-refractivity contribution in [3.05, 3.63) is 11.2 Å². The highest BCUT2D eigenvalue weighted by molar-refractivity contribution is 6.29. The zero-order valence-electron chi connectivity index (χ0n) is 10.5. The first-order chi connectivity index (χ1) is 8.65. The molecule has 18 heavy (non-hydrogen) atoms. The van der Waals surface area contributed by atoms with Gasteiger partial charge in [0.2, 0.25) is 0 Å². The largest absolute Gasteiger partial charge is 0.474 e. The Labute approximate surface area is 112 Å². The van der Waals surface area contributed by atoms with Crippen molar-refractivity contribution in [1.82, 2.24) is 20.0 Å². The van der Waals surface area contributed by atoms with Crippen molar-refractivity contribution in [2.45, 2.75) is 0 Å². The van der Waals surface area contributed by atoms with Gasteiger partial charge in [-0.3, -0.25) is 4.90 Å². The predicted molar refractivity (Wildman–Crippen MR) is 70.9 cm³/mol. The third kappa shape index (κ3) is 3.69. The molecule has 0 spiro atoms. The van der Waals surface area contributed by atoms with E-state index in [-0.39, 0.29) is 5.15 Å². The second kappa shape index (κ2) is 6.17. The number of nitrogen functional groups attached to an aromatic ring is 1. The van der Waals surface area contributed by atoms with Gasteiger partial charge in [-0.1, -0.05) is 11.6 Å². The number of hydrogen-bond donors (Lipinski definition) is 1. The van der Waals surface area contributed by atoms with Crippen LogP contribution in [0.15, 0.2) is 6.07 Å². The van der Waals surface area contributed by atoms with Crippen LogP contribution in [0.2, 0.25) is 5.15 Å². The van der Waals surface area contributed by atoms with E-state index in [0.29, 0.717) is 18.2 Å². The van der Waals surface area contributed by atoms with Crippen LogP contribution in [0.5, 0.6) is 5.88 Å². The number of piperazine rings is 1. The number of halogens is 1. The van der Waals surface area contributed by atoms with Crippen molar-refractivity contribution >= 4 is 17.3 Å². The summed E-state index contributed by atoms with van der Waals surface area (Å²) >= 11 is 5.66. The van der Waals surface area contributed by atoms with E-state index in [0.717, 1.165) is 32.7 Å². The molecule has 1 aromatic heterocycles. The summed E-state index contributed by atoms with van der Waals surface area (Å²) in [4.78, 5) is 4.68. The van der Waals surface area contributed by atoms with Gasteiger partial charge < -0.3 is 15.4 Å². The quantitative estimate of drug-likeness (QED) is 0.852. The van der Waals surface area contributed by atoms with E-state index in [4.69, 9.17) is 22.1 Å². The standard InChI is InChI=1S/C11H18ClN5O/c1-16-2-4-17(5-3-16)6-7-18-11-9(13)8-10(12)14-15-11/h8H,2-7H2,1H3,(H2,13,14). The fourth-order valence-electron chi connectivity index (χ4n) is 1.82. The van der Waals surface area contributed by atoms with Crippen LogP contribution >= 0.6 is 11.6 Å². The zero-order valence-corrected chi connectivity index (χ0v) is 11.2. The Morgan fingerprint density at radius 2 is 2.06 bits per heavy atom. The first kappa shape index (κ1) is 13.3. The fraction of sp³-hybridized carbons (Fsp3) is 0.636. The Balaban J connectivity index is 1.75. The molecule has 0 aliphatic carbocycles. The number of likely N-dealkylation sites (N-methyl/N-ethyl adjacent to an activating group) is 1. The predicted octanol–water partition coefficient (Wildman–Crippen LogP) is 0.338. The summed E-state index contributed by atoms with van der Waals surface area (Å²) in [6.45, 7) is 5.77. The summed E-state index contributed by atoms with van der Waals surface area (Å²) < 4.78 is 5.51. The smallest absolute Gasteiger partial charge is 0.257 e. The van der Waals surface area contributed by atoms with Gasteiger partial charge in [0, 0.05) is 38.8 Å². The molecule has 1 aliphatic rings. The summed E-state index contributed by atoms with van der Waals surface area (Å²) in [6.07, 6.45) is 0. The van der Waals surface area contributed by atoms with Crippen molar-refractivity contribution in [1.29, 1.82) is 0 Å². The Bertz CT molecular complexity index is 395. The average Bonchev–Trinajstić information content (AvgIpc) is 2.34. The lowest BCUT2D eigenvalue weighted by molar-refractivity contribution is 0.132. The summed E-state index contributed by atoms with van der Waals surface area (Å²) in [6, 6.07) is 1.54. The lowest BCUT2D eigenvalue weighted by Crippen LogP contribution is -2.45. The Hall–Kier alpha value is -1.11. The maximum absolute atomic E-state index is 5.73. The molecule has 2 heterocycles. The van der Waals surface area contributed by atoms with Crippen LogP contribution in [-0.4, -0.2) is 66.4 Å². The lowest BCUT2D eigenvalue weighted by Gasteiger charge is -2.32. The highest BCUT2D eigenvalue weighted by Crippen LogP contribution is 2.19. The monoisotopic (exact) mass is 271 g/mol. The van der Waals surface area contributed by atoms with E-state index in [2.05, 4.69) is 27.0 Å². The van der Waals surface area contributed by atoms with Gasteiger partial charge in [-0.05, 0) is 7.05 Å². The van der Waals surface area contributed by atoms with Crippen LogP contribution in [0.4, 0.5) is 5.69 Å². The minimum atomic E-state index is 0.277. The Morgan fingerprint density at radius 3 is 2.72 bits per heavy atom. The molecule has 100 valence electrons. The number of ether oxygens (including phenoxy) is 1. The molecule has 2 rings (SSSR count). The molecule has 0 aromatic carbocycles. The minimum Gasteiger partial charge on any atom is -0.474 e. The molecule has 1 saturated heterocycles. The van der Waals surface area contributed by atoms with Gasteiger partial charge >= 0.3 is 0 Å². The van der Waals surface area contributed by atoms with Gasteiger partial charge in [0.25, 0.3) is 5.88 Å². The highest BCUT2D eigenvalue weighted by Gasteiger charge is 2.13. The molecule has 1 aliphatic heterocycles. The first-order valence-electron chi connectivity index (χ1n) is 5.97. The number of hydrogen-bond acceptors (Lipinski definition) is 6. The number of nitrogens with zero attached hydrogens (tertiary/aromatic N) is 4. The van der Waals surface area contributed by atoms with E-state index in [1.807, 2.05) is 0 Å². The van der Waals surface area contributed by atoms with Crippen LogP contribution < -0.4 is 10.5 Å². The first-order valence-corrected chi connectivity index (χ1v) is 6.35. The average molecular weight is 272 g/mol. The van der Waals surface area contributed by atoms with Gasteiger partial charge in [-0.2, -0.15) is 0 Å². The van der Waals surface area contributed by atoms with Crippen LogP contribution in [0.25, 0.3) is 0 Å². The maximum Gasteiger partial charge on any atom is 0.257 e. The molecular weight excluding hydrogens is 254 g/mol. The third-order valence-corrected chi connectivity index (χ3v) is 3.18. The van der Waals surface area contributed by atoms with Crippen molar-refractivity contribution in [3.8, 4) is 5.88 Å². The van der Waals surface area contributed by atoms with Crippen LogP contribution in [-0.2, 0) is 0 Å². The number of nitrogens with two attached hydrogens (primary N) is 1. The van der Waals surface area contributed by atoms with E-state index < -0.39 is 0 Å². The lowest BCUT2D eigenvalue weighted by atomic mass is 10.3. The van der Waals surface area contributed by atoms with Crippen molar-refractivity contribution in [2.24, 2.45) is 0 Å². The molecule has 0 unspecified atom stereocenters. The molecular formula is C11H18ClN5O. The molecule has 2 N–H and O–H groups in total. The zero-order chi connectivity index (χ0) is 13.0. The van der Waals surface area contributed by atoms with Crippen molar-refractivity contribution in [3.63, 3.8) is 0 Å². The number of rotatable bonds is 4. The van der Waals surface area contributed by atoms with Crippen LogP contribution in [0.3, 0.4) is 0 Å². The second-order valence-electron chi connectivity index (χ2n) is 4.42. The third-order valence-electron chi connectivity index (χ3n) is 3.00. The molecule has 0 radical (unpaired) electrons. The molecule has 1 fully saturated rings. The fourth-order valence-corrected chi connectivity index (χ4v) is 1.98. The Morgan fingerprint density at radius 1 is 1.33 bits per heavy atom. The van der Waals surface area contributed by atoms with E-state index >= 15 is 0 Å². The van der Waals surface area contributed by atoms with E-state index in [1.165, 1.54) is 0 Å². The molecule has 0 amide bonds. The van der Waals surface area contributed by atoms with E-state index in [1.54, 1.807) is 6.07 Å². The molecule has 0 saturated carbocycles. The second-order valence-corrected chi connectivity index (χ2v) is 4.81. The molecule has 6 nitrogen and oxygen atoms in total. The number of aromatic nitrogens is 2. The molecule has 0 atom stereocenters. The van der Waals surface area contributed by atoms with Gasteiger partial charge in [-0.25, -0.2) is 0 Å². The van der Waals surface area contributed by atoms with Crippen LogP contribution in [0.1, 0.15) is 0 Å². The van der Waals surface area contributed by atoms with Crippen LogP contribution in [0, 0.1) is 0 Å². The van der Waals surface area contributed by atoms with Gasteiger partial charge in [0.1, 0.15) is 6.61 Å². The van der Waals surface area contributed by atoms with Gasteiger partial charge in [0.15, 0.2) is 5.15 Å². The normalized spacial score (nSPS) is 17.9. The van der Waals surface area contributed by atoms with Crippen molar-refractivity contribution in [2.75, 3.05) is 52.1 Å². The summed E-state index contributed by atoms with van der Waals surface area (Å²) in [5.74, 6) is 0.355. The summed E-state index contributed by atoms with van der Waals surface area (Å²) in [5, 5.41) is 7.80. The molecule has 1 aromatic rings. The minimum absolute atomic E-state index is 0.277. The maximum atomic E-state index is 5.73. The SMILES string of the molecule is CN1CCN(CCOc2nnc(Cl)cc2N)CC1.